The largest absolute Gasteiger partial charge is 0.494 e. The molecule has 6 heteroatoms. The molecule has 0 N–H and O–H groups in total. The van der Waals surface area contributed by atoms with Gasteiger partial charge in [0.15, 0.2) is 5.58 Å². The third-order valence-electron chi connectivity index (χ3n) is 8.85. The molecule has 41 heavy (non-hydrogen) atoms. The highest BCUT2D eigenvalue weighted by Gasteiger charge is 2.51. The van der Waals surface area contributed by atoms with Crippen LogP contribution >= 0.6 is 0 Å². The minimum atomic E-state index is -0.415. The van der Waals surface area contributed by atoms with Gasteiger partial charge in [-0.1, -0.05) is 78.9 Å². The predicted octanol–water partition coefficient (Wildman–Crippen LogP) is 8.04. The second-order valence-corrected chi connectivity index (χ2v) is 11.9. The number of hydrogen-bond acceptors (Lipinski definition) is 4. The molecule has 8 rings (SSSR count). The van der Waals surface area contributed by atoms with Crippen molar-refractivity contribution in [3.63, 3.8) is 0 Å². The quantitative estimate of drug-likeness (QED) is 0.215. The standard InChI is InChI=1S/C35H29BN2O3/c1-34(2)35(3,4)41-36(40-34)23-20-18-22(19-21-23)31-32-29(25-14-8-10-16-27(25)37-31)30-26-15-9-11-17-28(26)38(33(30)39-32)24-12-6-5-7-13-24/h5-21H,1-4H3. The van der Waals surface area contributed by atoms with Crippen molar-refractivity contribution in [2.45, 2.75) is 38.9 Å². The number of furan rings is 1. The van der Waals surface area contributed by atoms with Crippen molar-refractivity contribution in [2.75, 3.05) is 0 Å². The van der Waals surface area contributed by atoms with Crippen molar-refractivity contribution >= 4 is 56.5 Å². The number of nitrogens with zero attached hydrogens (tertiary/aromatic N) is 2. The molecule has 200 valence electrons. The van der Waals surface area contributed by atoms with Crippen molar-refractivity contribution in [1.29, 1.82) is 0 Å². The minimum absolute atomic E-state index is 0.391. The summed E-state index contributed by atoms with van der Waals surface area (Å²) in [5.41, 5.74) is 6.71. The van der Waals surface area contributed by atoms with E-state index in [4.69, 9.17) is 18.7 Å². The molecule has 1 saturated heterocycles. The summed E-state index contributed by atoms with van der Waals surface area (Å²) in [5.74, 6) is 0. The Morgan fingerprint density at radius 2 is 1.29 bits per heavy atom. The summed E-state index contributed by atoms with van der Waals surface area (Å²) < 4.78 is 21.6. The van der Waals surface area contributed by atoms with Gasteiger partial charge in [0.05, 0.1) is 27.6 Å². The lowest BCUT2D eigenvalue weighted by Gasteiger charge is -2.32. The van der Waals surface area contributed by atoms with Crippen molar-refractivity contribution < 1.29 is 13.7 Å². The first-order valence-electron chi connectivity index (χ1n) is 14.1. The number of fused-ring (bicyclic) bond motifs is 7. The first-order chi connectivity index (χ1) is 19.8. The van der Waals surface area contributed by atoms with E-state index in [1.54, 1.807) is 0 Å². The fourth-order valence-corrected chi connectivity index (χ4v) is 6.00. The van der Waals surface area contributed by atoms with E-state index in [-0.39, 0.29) is 0 Å². The number of aromatic nitrogens is 2. The van der Waals surface area contributed by atoms with Crippen molar-refractivity contribution in [1.82, 2.24) is 9.55 Å². The molecular formula is C35H29BN2O3. The highest BCUT2D eigenvalue weighted by molar-refractivity contribution is 6.62. The van der Waals surface area contributed by atoms with Crippen LogP contribution in [0.1, 0.15) is 27.7 Å². The number of pyridine rings is 1. The van der Waals surface area contributed by atoms with Gasteiger partial charge in [-0.15, -0.1) is 0 Å². The number of hydrogen-bond donors (Lipinski definition) is 0. The Hall–Kier alpha value is -4.39. The second-order valence-electron chi connectivity index (χ2n) is 11.9. The summed E-state index contributed by atoms with van der Waals surface area (Å²) in [7, 11) is -0.415. The van der Waals surface area contributed by atoms with Gasteiger partial charge in [0.25, 0.3) is 0 Å². The van der Waals surface area contributed by atoms with Crippen LogP contribution in [0.15, 0.2) is 108 Å². The van der Waals surface area contributed by atoms with Crippen molar-refractivity contribution in [3.8, 4) is 16.9 Å². The third-order valence-corrected chi connectivity index (χ3v) is 8.85. The van der Waals surface area contributed by atoms with Gasteiger partial charge in [-0.05, 0) is 57.4 Å². The molecule has 1 aliphatic heterocycles. The van der Waals surface area contributed by atoms with Crippen LogP contribution in [-0.2, 0) is 9.31 Å². The van der Waals surface area contributed by atoms with Gasteiger partial charge in [-0.3, -0.25) is 4.57 Å². The zero-order valence-electron chi connectivity index (χ0n) is 23.5. The Morgan fingerprint density at radius 1 is 0.659 bits per heavy atom. The zero-order chi connectivity index (χ0) is 27.9. The van der Waals surface area contributed by atoms with Gasteiger partial charge < -0.3 is 13.7 Å². The van der Waals surface area contributed by atoms with Crippen LogP contribution in [0.5, 0.6) is 0 Å². The monoisotopic (exact) mass is 536 g/mol. The summed E-state index contributed by atoms with van der Waals surface area (Å²) in [6, 6.07) is 35.5. The molecular weight excluding hydrogens is 507 g/mol. The van der Waals surface area contributed by atoms with Gasteiger partial charge in [0, 0.05) is 27.4 Å². The average molecular weight is 536 g/mol. The van der Waals surface area contributed by atoms with Crippen LogP contribution < -0.4 is 5.46 Å². The maximum atomic E-state index is 6.85. The van der Waals surface area contributed by atoms with E-state index in [1.807, 2.05) is 12.1 Å². The predicted molar refractivity (Wildman–Crippen MR) is 167 cm³/mol. The van der Waals surface area contributed by atoms with E-state index in [9.17, 15) is 0 Å². The van der Waals surface area contributed by atoms with E-state index in [0.717, 1.165) is 66.3 Å². The van der Waals surface area contributed by atoms with E-state index < -0.39 is 18.3 Å². The van der Waals surface area contributed by atoms with Crippen molar-refractivity contribution in [3.05, 3.63) is 103 Å². The van der Waals surface area contributed by atoms with Crippen LogP contribution in [0.2, 0.25) is 0 Å². The molecule has 4 heterocycles. The first-order valence-corrected chi connectivity index (χ1v) is 14.1. The maximum absolute atomic E-state index is 6.85. The van der Waals surface area contributed by atoms with Crippen molar-refractivity contribution in [2.24, 2.45) is 0 Å². The molecule has 0 amide bonds. The molecule has 3 aromatic heterocycles. The fraction of sp³-hybridized carbons (Fsp3) is 0.171. The highest BCUT2D eigenvalue weighted by atomic mass is 16.7. The lowest BCUT2D eigenvalue weighted by Crippen LogP contribution is -2.41. The summed E-state index contributed by atoms with van der Waals surface area (Å²) in [6.07, 6.45) is 0. The molecule has 4 aromatic carbocycles. The Balaban J connectivity index is 1.37. The molecule has 1 aliphatic rings. The number of para-hydroxylation sites is 3. The SMILES string of the molecule is CC1(C)OB(c2ccc(-c3nc4ccccc4c4c3oc3c4c4ccccc4n3-c3ccccc3)cc2)OC1(C)C. The molecule has 0 unspecified atom stereocenters. The third kappa shape index (κ3) is 3.54. The lowest BCUT2D eigenvalue weighted by atomic mass is 9.78. The number of benzene rings is 4. The molecule has 0 spiro atoms. The van der Waals surface area contributed by atoms with E-state index in [2.05, 4.69) is 123 Å². The van der Waals surface area contributed by atoms with Crippen LogP contribution in [0.25, 0.3) is 60.8 Å². The molecule has 5 nitrogen and oxygen atoms in total. The summed E-state index contributed by atoms with van der Waals surface area (Å²) in [6.45, 7) is 8.29. The van der Waals surface area contributed by atoms with E-state index >= 15 is 0 Å². The molecule has 7 aromatic rings. The normalized spacial score (nSPS) is 16.4. The van der Waals surface area contributed by atoms with Gasteiger partial charge in [-0.25, -0.2) is 4.98 Å². The molecule has 1 fully saturated rings. The Labute approximate surface area is 238 Å². The lowest BCUT2D eigenvalue weighted by molar-refractivity contribution is 0.00578. The number of rotatable bonds is 3. The van der Waals surface area contributed by atoms with Crippen LogP contribution in [0.4, 0.5) is 0 Å². The molecule has 0 radical (unpaired) electrons. The van der Waals surface area contributed by atoms with Crippen LogP contribution in [-0.4, -0.2) is 27.9 Å². The molecule has 0 aliphatic carbocycles. The van der Waals surface area contributed by atoms with Gasteiger partial charge in [0.1, 0.15) is 5.69 Å². The van der Waals surface area contributed by atoms with E-state index in [1.165, 1.54) is 0 Å². The fourth-order valence-electron chi connectivity index (χ4n) is 6.00. The first kappa shape index (κ1) is 24.4. The zero-order valence-corrected chi connectivity index (χ0v) is 23.5. The second kappa shape index (κ2) is 8.56. The van der Waals surface area contributed by atoms with Gasteiger partial charge in [0.2, 0.25) is 5.71 Å². The smallest absolute Gasteiger partial charge is 0.437 e. The molecule has 0 bridgehead atoms. The topological polar surface area (TPSA) is 49.4 Å². The molecule has 0 atom stereocenters. The average Bonchev–Trinajstić information content (AvgIpc) is 3.59. The van der Waals surface area contributed by atoms with Crippen LogP contribution in [0, 0.1) is 0 Å². The Kier molecular flexibility index (Phi) is 5.10. The summed E-state index contributed by atoms with van der Waals surface area (Å²) in [4.78, 5) is 5.14. The molecule has 0 saturated carbocycles. The van der Waals surface area contributed by atoms with Crippen LogP contribution in [0.3, 0.4) is 0 Å². The maximum Gasteiger partial charge on any atom is 0.494 e. The van der Waals surface area contributed by atoms with E-state index in [0.29, 0.717) is 0 Å². The van der Waals surface area contributed by atoms with Gasteiger partial charge in [-0.2, -0.15) is 0 Å². The summed E-state index contributed by atoms with van der Waals surface area (Å²) >= 11 is 0. The highest BCUT2D eigenvalue weighted by Crippen LogP contribution is 2.44. The Bertz CT molecular complexity index is 2090. The Morgan fingerprint density at radius 3 is 2.02 bits per heavy atom. The summed E-state index contributed by atoms with van der Waals surface area (Å²) in [5, 5.41) is 4.42. The van der Waals surface area contributed by atoms with Gasteiger partial charge >= 0.3 is 7.12 Å². The minimum Gasteiger partial charge on any atom is -0.437 e.